The minimum Gasteiger partial charge on any atom is -0.378 e. The topological polar surface area (TPSA) is 51.1 Å². The number of aromatic nitrogens is 3. The molecule has 5 nitrogen and oxygen atoms in total. The molecular weight excluding hydrogens is 264 g/mol. The molecule has 0 saturated carbocycles. The normalized spacial score (nSPS) is 19.6. The van der Waals surface area contributed by atoms with Crippen molar-refractivity contribution in [2.75, 3.05) is 24.6 Å². The van der Waals surface area contributed by atoms with Crippen molar-refractivity contribution in [1.82, 2.24) is 15.2 Å². The highest BCUT2D eigenvalue weighted by atomic mass is 16.5. The molecule has 0 radical (unpaired) electrons. The lowest BCUT2D eigenvalue weighted by Crippen LogP contribution is -2.28. The van der Waals surface area contributed by atoms with E-state index in [-0.39, 0.29) is 0 Å². The average molecular weight is 292 g/mol. The lowest BCUT2D eigenvalue weighted by atomic mass is 10.2. The van der Waals surface area contributed by atoms with Crippen molar-refractivity contribution < 1.29 is 4.74 Å². The molecule has 1 aliphatic heterocycles. The third-order valence-corrected chi connectivity index (χ3v) is 4.01. The van der Waals surface area contributed by atoms with Crippen LogP contribution in [0.1, 0.15) is 57.8 Å². The monoisotopic (exact) mass is 292 g/mol. The Balaban J connectivity index is 2.01. The van der Waals surface area contributed by atoms with E-state index in [1.807, 2.05) is 0 Å². The zero-order chi connectivity index (χ0) is 15.1. The van der Waals surface area contributed by atoms with Crippen LogP contribution in [0.4, 0.5) is 5.95 Å². The van der Waals surface area contributed by atoms with Gasteiger partial charge in [-0.3, -0.25) is 0 Å². The van der Waals surface area contributed by atoms with Gasteiger partial charge in [0.15, 0.2) is 0 Å². The van der Waals surface area contributed by atoms with E-state index in [9.17, 15) is 0 Å². The van der Waals surface area contributed by atoms with Crippen molar-refractivity contribution in [3.63, 3.8) is 0 Å². The Bertz CT molecular complexity index is 438. The van der Waals surface area contributed by atoms with Crippen molar-refractivity contribution in [3.8, 4) is 0 Å². The van der Waals surface area contributed by atoms with E-state index in [1.54, 1.807) is 0 Å². The Hall–Kier alpha value is -1.23. The fourth-order valence-electron chi connectivity index (χ4n) is 2.78. The number of hydrogen-bond acceptors (Lipinski definition) is 5. The zero-order valence-electron chi connectivity index (χ0n) is 13.6. The summed E-state index contributed by atoms with van der Waals surface area (Å²) < 4.78 is 5.89. The maximum absolute atomic E-state index is 5.89. The minimum absolute atomic E-state index is 0.392. The Labute approximate surface area is 128 Å². The van der Waals surface area contributed by atoms with Gasteiger partial charge in [-0.15, -0.1) is 5.10 Å². The van der Waals surface area contributed by atoms with Crippen LogP contribution in [0.2, 0.25) is 0 Å². The Kier molecular flexibility index (Phi) is 6.36. The van der Waals surface area contributed by atoms with Crippen LogP contribution in [0.15, 0.2) is 0 Å². The molecule has 2 heterocycles. The molecule has 5 heteroatoms. The maximum atomic E-state index is 5.89. The number of anilines is 1. The van der Waals surface area contributed by atoms with Crippen molar-refractivity contribution in [2.24, 2.45) is 0 Å². The van der Waals surface area contributed by atoms with Gasteiger partial charge in [0.25, 0.3) is 0 Å². The van der Waals surface area contributed by atoms with Gasteiger partial charge >= 0.3 is 0 Å². The first-order valence-corrected chi connectivity index (χ1v) is 8.37. The molecule has 0 N–H and O–H groups in total. The van der Waals surface area contributed by atoms with Gasteiger partial charge in [0.05, 0.1) is 17.5 Å². The summed E-state index contributed by atoms with van der Waals surface area (Å²) in [5.41, 5.74) is 2.12. The Morgan fingerprint density at radius 3 is 2.57 bits per heavy atom. The lowest BCUT2D eigenvalue weighted by molar-refractivity contribution is 0.0461. The molecule has 0 spiro atoms. The molecule has 1 fully saturated rings. The maximum Gasteiger partial charge on any atom is 0.245 e. The molecule has 0 aliphatic carbocycles. The van der Waals surface area contributed by atoms with Gasteiger partial charge in [-0.25, -0.2) is 4.98 Å². The second kappa shape index (κ2) is 8.27. The predicted octanol–water partition coefficient (Wildman–Crippen LogP) is 2.78. The van der Waals surface area contributed by atoms with Crippen molar-refractivity contribution in [3.05, 3.63) is 11.4 Å². The molecule has 0 amide bonds. The van der Waals surface area contributed by atoms with Gasteiger partial charge in [-0.1, -0.05) is 20.8 Å². The quantitative estimate of drug-likeness (QED) is 0.807. The molecule has 1 unspecified atom stereocenters. The highest BCUT2D eigenvalue weighted by molar-refractivity contribution is 5.30. The highest BCUT2D eigenvalue weighted by Crippen LogP contribution is 2.19. The van der Waals surface area contributed by atoms with Crippen LogP contribution in [0.25, 0.3) is 0 Å². The molecular formula is C16H28N4O. The van der Waals surface area contributed by atoms with Crippen molar-refractivity contribution >= 4 is 5.95 Å². The molecule has 1 aromatic rings. The third kappa shape index (κ3) is 4.37. The molecule has 1 saturated heterocycles. The summed E-state index contributed by atoms with van der Waals surface area (Å²) in [6, 6.07) is 0. The van der Waals surface area contributed by atoms with E-state index in [4.69, 9.17) is 9.72 Å². The lowest BCUT2D eigenvalue weighted by Gasteiger charge is -2.21. The summed E-state index contributed by atoms with van der Waals surface area (Å²) in [4.78, 5) is 6.99. The molecule has 0 bridgehead atoms. The summed E-state index contributed by atoms with van der Waals surface area (Å²) in [6.45, 7) is 9.22. The van der Waals surface area contributed by atoms with Crippen LogP contribution in [0.3, 0.4) is 0 Å². The Morgan fingerprint density at radius 1 is 1.05 bits per heavy atom. The first-order chi connectivity index (χ1) is 10.3. The smallest absolute Gasteiger partial charge is 0.245 e. The number of nitrogens with zero attached hydrogens (tertiary/aromatic N) is 4. The SMILES string of the molecule is CCCOC1CCCN(c2nnc(CC)c(CC)n2)CC1. The highest BCUT2D eigenvalue weighted by Gasteiger charge is 2.20. The van der Waals surface area contributed by atoms with Crippen LogP contribution in [-0.2, 0) is 17.6 Å². The molecule has 1 aliphatic rings. The van der Waals surface area contributed by atoms with Crippen molar-refractivity contribution in [1.29, 1.82) is 0 Å². The first-order valence-electron chi connectivity index (χ1n) is 8.37. The molecule has 0 aromatic carbocycles. The number of hydrogen-bond donors (Lipinski definition) is 0. The van der Waals surface area contributed by atoms with E-state index in [1.165, 1.54) is 0 Å². The predicted molar refractivity (Wildman–Crippen MR) is 84.7 cm³/mol. The molecule has 1 aromatic heterocycles. The number of rotatable bonds is 6. The van der Waals surface area contributed by atoms with E-state index in [2.05, 4.69) is 35.9 Å². The first kappa shape index (κ1) is 16.1. The van der Waals surface area contributed by atoms with Crippen LogP contribution in [0, 0.1) is 0 Å². The van der Waals surface area contributed by atoms with Gasteiger partial charge in [-0.2, -0.15) is 5.10 Å². The second-order valence-electron chi connectivity index (χ2n) is 5.62. The summed E-state index contributed by atoms with van der Waals surface area (Å²) in [7, 11) is 0. The summed E-state index contributed by atoms with van der Waals surface area (Å²) in [5.74, 6) is 0.792. The average Bonchev–Trinajstić information content (AvgIpc) is 2.77. The standard InChI is InChI=1S/C16H28N4O/c1-4-12-21-13-8-7-10-20(11-9-13)16-17-14(5-2)15(6-3)18-19-16/h13H,4-12H2,1-3H3. The van der Waals surface area contributed by atoms with E-state index >= 15 is 0 Å². The van der Waals surface area contributed by atoms with E-state index in [0.29, 0.717) is 6.10 Å². The summed E-state index contributed by atoms with van der Waals surface area (Å²) >= 11 is 0. The molecule has 2 rings (SSSR count). The summed E-state index contributed by atoms with van der Waals surface area (Å²) in [6.07, 6.45) is 6.62. The fourth-order valence-corrected chi connectivity index (χ4v) is 2.78. The minimum atomic E-state index is 0.392. The van der Waals surface area contributed by atoms with Gasteiger partial charge in [0.2, 0.25) is 5.95 Å². The van der Waals surface area contributed by atoms with Gasteiger partial charge in [0.1, 0.15) is 0 Å². The summed E-state index contributed by atoms with van der Waals surface area (Å²) in [5, 5.41) is 8.69. The largest absolute Gasteiger partial charge is 0.378 e. The second-order valence-corrected chi connectivity index (χ2v) is 5.62. The number of ether oxygens (including phenoxy) is 1. The van der Waals surface area contributed by atoms with Gasteiger partial charge in [0, 0.05) is 19.7 Å². The molecule has 21 heavy (non-hydrogen) atoms. The van der Waals surface area contributed by atoms with Crippen LogP contribution >= 0.6 is 0 Å². The Morgan fingerprint density at radius 2 is 1.86 bits per heavy atom. The molecule has 118 valence electrons. The van der Waals surface area contributed by atoms with Crippen LogP contribution in [0.5, 0.6) is 0 Å². The van der Waals surface area contributed by atoms with Gasteiger partial charge < -0.3 is 9.64 Å². The number of aryl methyl sites for hydroxylation is 2. The zero-order valence-corrected chi connectivity index (χ0v) is 13.6. The van der Waals surface area contributed by atoms with E-state index < -0.39 is 0 Å². The van der Waals surface area contributed by atoms with Crippen LogP contribution in [-0.4, -0.2) is 41.0 Å². The molecule has 1 atom stereocenters. The van der Waals surface area contributed by atoms with E-state index in [0.717, 1.165) is 75.6 Å². The fraction of sp³-hybridized carbons (Fsp3) is 0.812. The van der Waals surface area contributed by atoms with Gasteiger partial charge in [-0.05, 0) is 38.5 Å². The van der Waals surface area contributed by atoms with Crippen LogP contribution < -0.4 is 4.90 Å². The third-order valence-electron chi connectivity index (χ3n) is 4.01. The van der Waals surface area contributed by atoms with Crippen molar-refractivity contribution in [2.45, 2.75) is 65.4 Å².